The van der Waals surface area contributed by atoms with Gasteiger partial charge in [-0.05, 0) is 42.2 Å². The van der Waals surface area contributed by atoms with Crippen molar-refractivity contribution >= 4 is 23.3 Å². The molecule has 1 heterocycles. The molecule has 0 aliphatic heterocycles. The van der Waals surface area contributed by atoms with Gasteiger partial charge >= 0.3 is 6.03 Å². The number of hydrogen-bond acceptors (Lipinski definition) is 2. The highest BCUT2D eigenvalue weighted by atomic mass is 35.5. The monoisotopic (exact) mass is 320 g/mol. The van der Waals surface area contributed by atoms with Gasteiger partial charge in [0.1, 0.15) is 5.76 Å². The third-order valence-corrected chi connectivity index (χ3v) is 3.98. The van der Waals surface area contributed by atoms with E-state index in [0.717, 1.165) is 35.4 Å². The molecule has 2 rings (SSSR count). The first-order valence-corrected chi connectivity index (χ1v) is 7.79. The lowest BCUT2D eigenvalue weighted by molar-refractivity contribution is 0.216. The number of hydrogen-bond donors (Lipinski definition) is 1. The van der Waals surface area contributed by atoms with Crippen molar-refractivity contribution < 1.29 is 9.21 Å². The van der Waals surface area contributed by atoms with Crippen LogP contribution in [0, 0.1) is 0 Å². The van der Waals surface area contributed by atoms with E-state index in [1.165, 1.54) is 0 Å². The second-order valence-electron chi connectivity index (χ2n) is 5.13. The van der Waals surface area contributed by atoms with Gasteiger partial charge in [-0.1, -0.05) is 31.5 Å². The number of carbonyl (C=O) groups is 1. The number of halogens is 1. The molecule has 22 heavy (non-hydrogen) atoms. The molecule has 0 unspecified atom stereocenters. The summed E-state index contributed by atoms with van der Waals surface area (Å²) in [6.07, 6.45) is 3.20. The molecule has 1 N–H and O–H groups in total. The van der Waals surface area contributed by atoms with Gasteiger partial charge in [0, 0.05) is 12.1 Å². The molecular weight excluding hydrogens is 300 g/mol. The van der Waals surface area contributed by atoms with Crippen molar-refractivity contribution in [2.75, 3.05) is 12.4 Å². The van der Waals surface area contributed by atoms with Crippen molar-refractivity contribution in [3.05, 3.63) is 52.4 Å². The first kappa shape index (κ1) is 16.4. The van der Waals surface area contributed by atoms with Gasteiger partial charge in [-0.3, -0.25) is 0 Å². The number of carbonyl (C=O) groups excluding carboxylic acids is 1. The van der Waals surface area contributed by atoms with Crippen LogP contribution >= 0.6 is 11.6 Å². The quantitative estimate of drug-likeness (QED) is 0.866. The number of anilines is 1. The molecule has 118 valence electrons. The van der Waals surface area contributed by atoms with Crippen LogP contribution in [0.5, 0.6) is 0 Å². The first-order chi connectivity index (χ1) is 10.6. The van der Waals surface area contributed by atoms with Crippen LogP contribution < -0.4 is 5.32 Å². The molecule has 5 heteroatoms. The number of furan rings is 1. The van der Waals surface area contributed by atoms with E-state index >= 15 is 0 Å². The lowest BCUT2D eigenvalue weighted by Crippen LogP contribution is -2.31. The van der Waals surface area contributed by atoms with E-state index in [4.69, 9.17) is 16.0 Å². The Hall–Kier alpha value is -1.94. The van der Waals surface area contributed by atoms with Crippen LogP contribution in [0.3, 0.4) is 0 Å². The molecule has 0 radical (unpaired) electrons. The highest BCUT2D eigenvalue weighted by Crippen LogP contribution is 2.29. The maximum Gasteiger partial charge on any atom is 0.322 e. The molecule has 0 aliphatic carbocycles. The Morgan fingerprint density at radius 2 is 2.05 bits per heavy atom. The number of amides is 2. The number of rotatable bonds is 5. The van der Waals surface area contributed by atoms with Crippen LogP contribution in [0.25, 0.3) is 0 Å². The Labute approximate surface area is 136 Å². The van der Waals surface area contributed by atoms with E-state index in [0.29, 0.717) is 11.6 Å². The molecule has 0 spiro atoms. The fraction of sp³-hybridized carbons (Fsp3) is 0.353. The third-order valence-electron chi connectivity index (χ3n) is 3.63. The fourth-order valence-electron chi connectivity index (χ4n) is 2.38. The van der Waals surface area contributed by atoms with Crippen LogP contribution in [-0.2, 0) is 19.4 Å². The molecular formula is C17H21ClN2O2. The van der Waals surface area contributed by atoms with E-state index in [9.17, 15) is 4.79 Å². The minimum Gasteiger partial charge on any atom is -0.467 e. The van der Waals surface area contributed by atoms with E-state index in [1.54, 1.807) is 18.2 Å². The predicted octanol–water partition coefficient (Wildman–Crippen LogP) is 4.72. The molecule has 0 atom stereocenters. The SMILES string of the molecule is CCc1ccc(Cl)c(CC)c1NC(=O)N(C)Cc1ccco1. The van der Waals surface area contributed by atoms with Crippen LogP contribution in [0.2, 0.25) is 5.02 Å². The van der Waals surface area contributed by atoms with Crippen molar-refractivity contribution in [2.45, 2.75) is 33.2 Å². The van der Waals surface area contributed by atoms with Crippen molar-refractivity contribution in [1.82, 2.24) is 4.90 Å². The molecule has 4 nitrogen and oxygen atoms in total. The van der Waals surface area contributed by atoms with Gasteiger partial charge in [0.2, 0.25) is 0 Å². The molecule has 0 saturated carbocycles. The summed E-state index contributed by atoms with van der Waals surface area (Å²) >= 11 is 6.26. The van der Waals surface area contributed by atoms with Crippen LogP contribution in [0.4, 0.5) is 10.5 Å². The molecule has 0 aliphatic rings. The summed E-state index contributed by atoms with van der Waals surface area (Å²) in [6, 6.07) is 7.33. The van der Waals surface area contributed by atoms with Crippen LogP contribution in [0.1, 0.15) is 30.7 Å². The van der Waals surface area contributed by atoms with Gasteiger partial charge < -0.3 is 14.6 Å². The Morgan fingerprint density at radius 1 is 1.27 bits per heavy atom. The van der Waals surface area contributed by atoms with E-state index in [2.05, 4.69) is 12.2 Å². The zero-order valence-corrected chi connectivity index (χ0v) is 13.9. The van der Waals surface area contributed by atoms with E-state index in [1.807, 2.05) is 31.2 Å². The molecule has 0 saturated heterocycles. The molecule has 1 aromatic carbocycles. The highest BCUT2D eigenvalue weighted by Gasteiger charge is 2.16. The molecule has 2 aromatic rings. The molecule has 2 amide bonds. The van der Waals surface area contributed by atoms with E-state index in [-0.39, 0.29) is 6.03 Å². The minimum absolute atomic E-state index is 0.178. The smallest absolute Gasteiger partial charge is 0.322 e. The lowest BCUT2D eigenvalue weighted by atomic mass is 10.0. The Morgan fingerprint density at radius 3 is 2.64 bits per heavy atom. The normalized spacial score (nSPS) is 10.5. The number of nitrogens with zero attached hydrogens (tertiary/aromatic N) is 1. The zero-order valence-electron chi connectivity index (χ0n) is 13.1. The standard InChI is InChI=1S/C17H21ClN2O2/c1-4-12-8-9-15(18)14(5-2)16(12)19-17(21)20(3)11-13-7-6-10-22-13/h6-10H,4-5,11H2,1-3H3,(H,19,21). The Balaban J connectivity index is 2.18. The van der Waals surface area contributed by atoms with Gasteiger partial charge in [0.05, 0.1) is 18.5 Å². The van der Waals surface area contributed by atoms with Crippen molar-refractivity contribution in [3.63, 3.8) is 0 Å². The second-order valence-corrected chi connectivity index (χ2v) is 5.54. The molecule has 0 bridgehead atoms. The van der Waals surface area contributed by atoms with E-state index < -0.39 is 0 Å². The fourth-order valence-corrected chi connectivity index (χ4v) is 2.67. The maximum absolute atomic E-state index is 12.4. The minimum atomic E-state index is -0.178. The largest absolute Gasteiger partial charge is 0.467 e. The number of benzene rings is 1. The van der Waals surface area contributed by atoms with Gasteiger partial charge in [-0.15, -0.1) is 0 Å². The maximum atomic E-state index is 12.4. The lowest BCUT2D eigenvalue weighted by Gasteiger charge is -2.20. The van der Waals surface area contributed by atoms with Crippen molar-refractivity contribution in [2.24, 2.45) is 0 Å². The topological polar surface area (TPSA) is 45.5 Å². The summed E-state index contributed by atoms with van der Waals surface area (Å²) in [5, 5.41) is 3.68. The van der Waals surface area contributed by atoms with Gasteiger partial charge in [-0.25, -0.2) is 4.79 Å². The summed E-state index contributed by atoms with van der Waals surface area (Å²) in [7, 11) is 1.74. The predicted molar refractivity (Wildman–Crippen MR) is 89.4 cm³/mol. The summed E-state index contributed by atoms with van der Waals surface area (Å²) < 4.78 is 5.27. The van der Waals surface area contributed by atoms with Gasteiger partial charge in [0.25, 0.3) is 0 Å². The molecule has 0 fully saturated rings. The number of aryl methyl sites for hydroxylation is 1. The summed E-state index contributed by atoms with van der Waals surface area (Å²) in [5.74, 6) is 0.746. The highest BCUT2D eigenvalue weighted by molar-refractivity contribution is 6.31. The van der Waals surface area contributed by atoms with Gasteiger partial charge in [0.15, 0.2) is 0 Å². The average Bonchev–Trinajstić information content (AvgIpc) is 3.00. The number of nitrogens with one attached hydrogen (secondary N) is 1. The second kappa shape index (κ2) is 7.36. The van der Waals surface area contributed by atoms with Crippen molar-refractivity contribution in [1.29, 1.82) is 0 Å². The number of urea groups is 1. The van der Waals surface area contributed by atoms with Crippen LogP contribution in [0.15, 0.2) is 34.9 Å². The summed E-state index contributed by atoms with van der Waals surface area (Å²) in [4.78, 5) is 14.0. The Kier molecular flexibility index (Phi) is 5.50. The zero-order chi connectivity index (χ0) is 16.1. The average molecular weight is 321 g/mol. The Bertz CT molecular complexity index is 638. The van der Waals surface area contributed by atoms with Gasteiger partial charge in [-0.2, -0.15) is 0 Å². The van der Waals surface area contributed by atoms with Crippen molar-refractivity contribution in [3.8, 4) is 0 Å². The third kappa shape index (κ3) is 3.63. The van der Waals surface area contributed by atoms with Crippen LogP contribution in [-0.4, -0.2) is 18.0 Å². The molecule has 1 aromatic heterocycles. The summed E-state index contributed by atoms with van der Waals surface area (Å²) in [6.45, 7) is 4.51. The summed E-state index contributed by atoms with van der Waals surface area (Å²) in [5.41, 5.74) is 2.88. The first-order valence-electron chi connectivity index (χ1n) is 7.41.